The van der Waals surface area contributed by atoms with Crippen LogP contribution in [0.4, 0.5) is 5.69 Å². The summed E-state index contributed by atoms with van der Waals surface area (Å²) in [5, 5.41) is 0. The Morgan fingerprint density at radius 2 is 1.83 bits per heavy atom. The molecule has 2 saturated carbocycles. The summed E-state index contributed by atoms with van der Waals surface area (Å²) < 4.78 is 6.33. The molecule has 2 bridgehead atoms. The molecule has 2 N–H and O–H groups in total. The average molecular weight is 245 g/mol. The number of anilines is 1. The van der Waals surface area contributed by atoms with Crippen LogP contribution in [0.25, 0.3) is 0 Å². The second-order valence-corrected chi connectivity index (χ2v) is 6.98. The van der Waals surface area contributed by atoms with Crippen LogP contribution < -0.4 is 10.5 Å². The van der Waals surface area contributed by atoms with Gasteiger partial charge in [0.25, 0.3) is 0 Å². The molecule has 0 radical (unpaired) electrons. The number of hydrogen-bond donors (Lipinski definition) is 1. The van der Waals surface area contributed by atoms with Gasteiger partial charge in [0.05, 0.1) is 0 Å². The highest BCUT2D eigenvalue weighted by atomic mass is 16.5. The number of ether oxygens (including phenoxy) is 1. The molecule has 2 heteroatoms. The van der Waals surface area contributed by atoms with Crippen molar-refractivity contribution in [3.63, 3.8) is 0 Å². The van der Waals surface area contributed by atoms with Gasteiger partial charge < -0.3 is 10.5 Å². The van der Waals surface area contributed by atoms with E-state index in [1.54, 1.807) is 0 Å². The van der Waals surface area contributed by atoms with E-state index in [1.165, 1.54) is 19.3 Å². The highest BCUT2D eigenvalue weighted by Crippen LogP contribution is 2.63. The van der Waals surface area contributed by atoms with Crippen molar-refractivity contribution in [2.75, 3.05) is 5.73 Å². The van der Waals surface area contributed by atoms with Crippen LogP contribution in [-0.2, 0) is 0 Å². The summed E-state index contributed by atoms with van der Waals surface area (Å²) in [6.45, 7) is 7.12. The second-order valence-electron chi connectivity index (χ2n) is 6.98. The van der Waals surface area contributed by atoms with E-state index in [4.69, 9.17) is 10.5 Å². The lowest BCUT2D eigenvalue weighted by Gasteiger charge is -2.42. The van der Waals surface area contributed by atoms with Crippen molar-refractivity contribution in [1.82, 2.24) is 0 Å². The maximum Gasteiger partial charge on any atom is 0.119 e. The molecule has 98 valence electrons. The van der Waals surface area contributed by atoms with E-state index < -0.39 is 0 Å². The first-order chi connectivity index (χ1) is 8.42. The molecular weight excluding hydrogens is 222 g/mol. The largest absolute Gasteiger partial charge is 0.489 e. The Labute approximate surface area is 110 Å². The van der Waals surface area contributed by atoms with Gasteiger partial charge in [-0.1, -0.05) is 20.8 Å². The van der Waals surface area contributed by atoms with Gasteiger partial charge >= 0.3 is 0 Å². The van der Waals surface area contributed by atoms with Crippen LogP contribution in [0, 0.1) is 16.7 Å². The number of fused-ring (bicyclic) bond motifs is 2. The molecule has 3 atom stereocenters. The van der Waals surface area contributed by atoms with E-state index in [0.717, 1.165) is 17.4 Å². The van der Waals surface area contributed by atoms with Crippen LogP contribution >= 0.6 is 0 Å². The lowest BCUT2D eigenvalue weighted by molar-refractivity contribution is -0.0143. The van der Waals surface area contributed by atoms with Gasteiger partial charge in [-0.15, -0.1) is 0 Å². The lowest BCUT2D eigenvalue weighted by Crippen LogP contribution is -2.44. The fourth-order valence-corrected chi connectivity index (χ4v) is 4.23. The standard InChI is InChI=1S/C16H23NO/c1-15(2)11-8-9-16(3,10-11)14(15)18-13-6-4-12(17)5-7-13/h4-7,11,14H,8-10,17H2,1-3H3. The zero-order valence-corrected chi connectivity index (χ0v) is 11.6. The Kier molecular flexibility index (Phi) is 2.42. The van der Waals surface area contributed by atoms with Gasteiger partial charge in [-0.3, -0.25) is 0 Å². The van der Waals surface area contributed by atoms with Gasteiger partial charge in [0.15, 0.2) is 0 Å². The third-order valence-electron chi connectivity index (χ3n) is 5.27. The quantitative estimate of drug-likeness (QED) is 0.803. The number of nitrogens with two attached hydrogens (primary N) is 1. The van der Waals surface area contributed by atoms with Crippen molar-refractivity contribution in [3.05, 3.63) is 24.3 Å². The fraction of sp³-hybridized carbons (Fsp3) is 0.625. The van der Waals surface area contributed by atoms with E-state index in [0.29, 0.717) is 11.5 Å². The van der Waals surface area contributed by atoms with Gasteiger partial charge in [-0.05, 0) is 49.4 Å². The van der Waals surface area contributed by atoms with Gasteiger partial charge in [0, 0.05) is 16.5 Å². The Balaban J connectivity index is 1.86. The predicted molar refractivity (Wildman–Crippen MR) is 74.5 cm³/mol. The molecule has 1 aromatic rings. The molecule has 1 aromatic carbocycles. The zero-order chi connectivity index (χ0) is 13.0. The lowest BCUT2D eigenvalue weighted by atomic mass is 9.70. The fourth-order valence-electron chi connectivity index (χ4n) is 4.23. The van der Waals surface area contributed by atoms with Gasteiger partial charge in [-0.25, -0.2) is 0 Å². The van der Waals surface area contributed by atoms with Gasteiger partial charge in [0.2, 0.25) is 0 Å². The van der Waals surface area contributed by atoms with E-state index in [-0.39, 0.29) is 5.41 Å². The summed E-state index contributed by atoms with van der Waals surface area (Å²) >= 11 is 0. The zero-order valence-electron chi connectivity index (χ0n) is 11.6. The van der Waals surface area contributed by atoms with Crippen LogP contribution in [0.5, 0.6) is 5.75 Å². The van der Waals surface area contributed by atoms with Crippen molar-refractivity contribution >= 4 is 5.69 Å². The van der Waals surface area contributed by atoms with Gasteiger partial charge in [-0.2, -0.15) is 0 Å². The Morgan fingerprint density at radius 1 is 1.17 bits per heavy atom. The predicted octanol–water partition coefficient (Wildman–Crippen LogP) is 3.86. The number of nitrogen functional groups attached to an aromatic ring is 1. The molecule has 0 aromatic heterocycles. The van der Waals surface area contributed by atoms with Crippen LogP contribution in [0.1, 0.15) is 40.0 Å². The third kappa shape index (κ3) is 1.62. The Hall–Kier alpha value is -1.18. The van der Waals surface area contributed by atoms with Crippen molar-refractivity contribution in [2.45, 2.75) is 46.1 Å². The highest BCUT2D eigenvalue weighted by molar-refractivity contribution is 5.41. The average Bonchev–Trinajstić information content (AvgIpc) is 2.78. The molecule has 2 fully saturated rings. The normalized spacial score (nSPS) is 36.8. The SMILES string of the molecule is CC12CCC(C1)C(C)(C)C2Oc1ccc(N)cc1. The summed E-state index contributed by atoms with van der Waals surface area (Å²) in [5.74, 6) is 1.78. The van der Waals surface area contributed by atoms with Crippen LogP contribution in [0.3, 0.4) is 0 Å². The minimum atomic E-state index is 0.286. The number of rotatable bonds is 2. The summed E-state index contributed by atoms with van der Waals surface area (Å²) in [7, 11) is 0. The first-order valence-corrected chi connectivity index (χ1v) is 6.94. The molecule has 0 saturated heterocycles. The molecule has 0 aliphatic heterocycles. The van der Waals surface area contributed by atoms with Crippen LogP contribution in [0.15, 0.2) is 24.3 Å². The van der Waals surface area contributed by atoms with Crippen molar-refractivity contribution < 1.29 is 4.74 Å². The van der Waals surface area contributed by atoms with Crippen molar-refractivity contribution in [3.8, 4) is 5.75 Å². The Bertz CT molecular complexity index is 446. The Morgan fingerprint density at radius 3 is 2.39 bits per heavy atom. The maximum atomic E-state index is 6.33. The molecule has 0 heterocycles. The molecule has 2 aliphatic carbocycles. The van der Waals surface area contributed by atoms with Crippen molar-refractivity contribution in [1.29, 1.82) is 0 Å². The molecule has 3 unspecified atom stereocenters. The molecule has 0 spiro atoms. The molecule has 2 aliphatic rings. The minimum absolute atomic E-state index is 0.286. The first kappa shape index (κ1) is 11.9. The van der Waals surface area contributed by atoms with E-state index >= 15 is 0 Å². The first-order valence-electron chi connectivity index (χ1n) is 6.94. The van der Waals surface area contributed by atoms with Crippen LogP contribution in [0.2, 0.25) is 0 Å². The van der Waals surface area contributed by atoms with Crippen molar-refractivity contribution in [2.24, 2.45) is 16.7 Å². The van der Waals surface area contributed by atoms with E-state index in [2.05, 4.69) is 20.8 Å². The topological polar surface area (TPSA) is 35.2 Å². The highest BCUT2D eigenvalue weighted by Gasteiger charge is 2.60. The molecule has 0 amide bonds. The summed E-state index contributed by atoms with van der Waals surface area (Å²) in [6.07, 6.45) is 4.32. The summed E-state index contributed by atoms with van der Waals surface area (Å²) in [6, 6.07) is 7.80. The van der Waals surface area contributed by atoms with Crippen LogP contribution in [-0.4, -0.2) is 6.10 Å². The molecule has 2 nitrogen and oxygen atoms in total. The number of benzene rings is 1. The molecular formula is C16H23NO. The van der Waals surface area contributed by atoms with E-state index in [9.17, 15) is 0 Å². The maximum absolute atomic E-state index is 6.33. The smallest absolute Gasteiger partial charge is 0.119 e. The van der Waals surface area contributed by atoms with Gasteiger partial charge in [0.1, 0.15) is 11.9 Å². The summed E-state index contributed by atoms with van der Waals surface area (Å²) in [4.78, 5) is 0. The number of hydrogen-bond acceptors (Lipinski definition) is 2. The molecule has 18 heavy (non-hydrogen) atoms. The molecule has 3 rings (SSSR count). The third-order valence-corrected chi connectivity index (χ3v) is 5.27. The van der Waals surface area contributed by atoms with E-state index in [1.807, 2.05) is 24.3 Å². The monoisotopic (exact) mass is 245 g/mol. The second kappa shape index (κ2) is 3.66. The summed E-state index contributed by atoms with van der Waals surface area (Å²) in [5.41, 5.74) is 7.15. The minimum Gasteiger partial charge on any atom is -0.489 e.